The van der Waals surface area contributed by atoms with E-state index in [-0.39, 0.29) is 40.7 Å². The number of methoxy groups -OCH3 is 2. The summed E-state index contributed by atoms with van der Waals surface area (Å²) in [6.07, 6.45) is 0. The zero-order valence-corrected chi connectivity index (χ0v) is 17.4. The molecule has 0 unspecified atom stereocenters. The molecule has 2 N–H and O–H groups in total. The predicted molar refractivity (Wildman–Crippen MR) is 115 cm³/mol. The molecule has 11 heteroatoms. The standard InChI is InChI=1S/C21H20FN7O3/c1-30-12-11-29(13-7-4-3-5-8-13)21-26-17(25-20(23)27-21)18-24-19(32-28-18)16-14(22)9-6-10-15(16)31-2/h3-10H,11-12H2,1-2H3,(H2,23,25,26,27). The van der Waals surface area contributed by atoms with E-state index in [2.05, 4.69) is 25.1 Å². The summed E-state index contributed by atoms with van der Waals surface area (Å²) in [7, 11) is 3.03. The van der Waals surface area contributed by atoms with E-state index < -0.39 is 5.82 Å². The lowest BCUT2D eigenvalue weighted by molar-refractivity contribution is 0.207. The lowest BCUT2D eigenvalue weighted by atomic mass is 10.2. The molecule has 10 nitrogen and oxygen atoms in total. The number of nitrogens with zero attached hydrogens (tertiary/aromatic N) is 6. The summed E-state index contributed by atoms with van der Waals surface area (Å²) < 4.78 is 30.1. The molecule has 4 rings (SSSR count). The van der Waals surface area contributed by atoms with Crippen molar-refractivity contribution in [2.45, 2.75) is 0 Å². The van der Waals surface area contributed by atoms with Crippen molar-refractivity contribution < 1.29 is 18.4 Å². The SMILES string of the molecule is COCCN(c1ccccc1)c1nc(N)nc(-c2noc(-c3c(F)cccc3OC)n2)n1. The minimum atomic E-state index is -0.565. The molecule has 0 saturated carbocycles. The summed E-state index contributed by atoms with van der Waals surface area (Å²) in [6, 6.07) is 13.9. The topological polar surface area (TPSA) is 125 Å². The van der Waals surface area contributed by atoms with Crippen LogP contribution in [0.15, 0.2) is 53.1 Å². The van der Waals surface area contributed by atoms with E-state index in [0.29, 0.717) is 13.2 Å². The van der Waals surface area contributed by atoms with Gasteiger partial charge < -0.3 is 24.6 Å². The molecule has 0 aliphatic rings. The van der Waals surface area contributed by atoms with Gasteiger partial charge in [-0.1, -0.05) is 29.4 Å². The molecule has 4 aromatic rings. The van der Waals surface area contributed by atoms with Gasteiger partial charge in [-0.2, -0.15) is 19.9 Å². The summed E-state index contributed by atoms with van der Waals surface area (Å²) in [5, 5.41) is 3.90. The highest BCUT2D eigenvalue weighted by molar-refractivity contribution is 5.65. The van der Waals surface area contributed by atoms with Crippen LogP contribution in [0, 0.1) is 5.82 Å². The van der Waals surface area contributed by atoms with E-state index in [1.807, 2.05) is 35.2 Å². The molecule has 32 heavy (non-hydrogen) atoms. The Morgan fingerprint density at radius 2 is 1.78 bits per heavy atom. The minimum Gasteiger partial charge on any atom is -0.496 e. The van der Waals surface area contributed by atoms with Crippen molar-refractivity contribution in [3.63, 3.8) is 0 Å². The Hall–Kier alpha value is -4.12. The first kappa shape index (κ1) is 21.1. The minimum absolute atomic E-state index is 0.0282. The molecule has 0 amide bonds. The number of ether oxygens (including phenoxy) is 2. The maximum absolute atomic E-state index is 14.4. The number of nitrogen functional groups attached to an aromatic ring is 1. The summed E-state index contributed by atoms with van der Waals surface area (Å²) >= 11 is 0. The molecular weight excluding hydrogens is 417 g/mol. The van der Waals surface area contributed by atoms with E-state index in [4.69, 9.17) is 19.7 Å². The molecule has 164 valence electrons. The average molecular weight is 437 g/mol. The van der Waals surface area contributed by atoms with Gasteiger partial charge in [0.25, 0.3) is 5.89 Å². The molecule has 0 aliphatic heterocycles. The number of hydrogen-bond acceptors (Lipinski definition) is 10. The third-order valence-corrected chi connectivity index (χ3v) is 4.50. The molecule has 2 aromatic heterocycles. The van der Waals surface area contributed by atoms with E-state index in [1.54, 1.807) is 13.2 Å². The highest BCUT2D eigenvalue weighted by atomic mass is 19.1. The number of aromatic nitrogens is 5. The zero-order valence-electron chi connectivity index (χ0n) is 17.4. The fourth-order valence-electron chi connectivity index (χ4n) is 3.03. The van der Waals surface area contributed by atoms with Crippen LogP contribution in [0.25, 0.3) is 23.1 Å². The lowest BCUT2D eigenvalue weighted by Crippen LogP contribution is -2.24. The quantitative estimate of drug-likeness (QED) is 0.439. The maximum Gasteiger partial charge on any atom is 0.265 e. The third kappa shape index (κ3) is 4.32. The van der Waals surface area contributed by atoms with Gasteiger partial charge in [0.15, 0.2) is 0 Å². The number of benzene rings is 2. The van der Waals surface area contributed by atoms with Gasteiger partial charge in [0.05, 0.1) is 13.7 Å². The highest BCUT2D eigenvalue weighted by Crippen LogP contribution is 2.32. The smallest absolute Gasteiger partial charge is 0.265 e. The number of para-hydroxylation sites is 1. The Bertz CT molecular complexity index is 1200. The van der Waals surface area contributed by atoms with E-state index in [9.17, 15) is 4.39 Å². The Balaban J connectivity index is 1.74. The van der Waals surface area contributed by atoms with Crippen LogP contribution in [0.2, 0.25) is 0 Å². The molecule has 0 saturated heterocycles. The Kier molecular flexibility index (Phi) is 6.17. The van der Waals surface area contributed by atoms with E-state index >= 15 is 0 Å². The number of anilines is 3. The highest BCUT2D eigenvalue weighted by Gasteiger charge is 2.22. The summed E-state index contributed by atoms with van der Waals surface area (Å²) in [5.41, 5.74) is 6.83. The number of rotatable bonds is 8. The number of halogens is 1. The van der Waals surface area contributed by atoms with Gasteiger partial charge in [0.2, 0.25) is 23.5 Å². The van der Waals surface area contributed by atoms with Gasteiger partial charge in [-0.15, -0.1) is 0 Å². The first-order chi connectivity index (χ1) is 15.6. The van der Waals surface area contributed by atoms with Crippen molar-refractivity contribution in [2.75, 3.05) is 38.0 Å². The summed E-state index contributed by atoms with van der Waals surface area (Å²) in [4.78, 5) is 18.9. The van der Waals surface area contributed by atoms with Crippen LogP contribution in [-0.2, 0) is 4.74 Å². The van der Waals surface area contributed by atoms with Crippen molar-refractivity contribution in [1.29, 1.82) is 0 Å². The molecule has 0 aliphatic carbocycles. The Labute approximate surface area is 182 Å². The summed E-state index contributed by atoms with van der Waals surface area (Å²) in [5.74, 6) is -0.0221. The normalized spacial score (nSPS) is 10.8. The van der Waals surface area contributed by atoms with Gasteiger partial charge >= 0.3 is 0 Å². The van der Waals surface area contributed by atoms with Gasteiger partial charge in [-0.05, 0) is 24.3 Å². The van der Waals surface area contributed by atoms with Crippen LogP contribution in [0.5, 0.6) is 5.75 Å². The van der Waals surface area contributed by atoms with Crippen molar-refractivity contribution in [3.8, 4) is 28.9 Å². The second kappa shape index (κ2) is 9.35. The molecular formula is C21H20FN7O3. The van der Waals surface area contributed by atoms with Crippen LogP contribution in [0.1, 0.15) is 0 Å². The monoisotopic (exact) mass is 437 g/mol. The fraction of sp³-hybridized carbons (Fsp3) is 0.190. The van der Waals surface area contributed by atoms with E-state index in [0.717, 1.165) is 5.69 Å². The average Bonchev–Trinajstić information content (AvgIpc) is 3.29. The van der Waals surface area contributed by atoms with Crippen molar-refractivity contribution in [3.05, 3.63) is 54.3 Å². The lowest BCUT2D eigenvalue weighted by Gasteiger charge is -2.22. The molecule has 0 spiro atoms. The van der Waals surface area contributed by atoms with Crippen molar-refractivity contribution in [1.82, 2.24) is 25.1 Å². The maximum atomic E-state index is 14.4. The van der Waals surface area contributed by atoms with Crippen LogP contribution in [0.4, 0.5) is 22.0 Å². The van der Waals surface area contributed by atoms with Gasteiger partial charge in [-0.25, -0.2) is 4.39 Å². The van der Waals surface area contributed by atoms with Gasteiger partial charge in [-0.3, -0.25) is 0 Å². The van der Waals surface area contributed by atoms with Crippen molar-refractivity contribution in [2.24, 2.45) is 0 Å². The summed E-state index contributed by atoms with van der Waals surface area (Å²) in [6.45, 7) is 0.891. The largest absolute Gasteiger partial charge is 0.496 e. The van der Waals surface area contributed by atoms with Crippen LogP contribution < -0.4 is 15.4 Å². The van der Waals surface area contributed by atoms with E-state index in [1.165, 1.54) is 19.2 Å². The molecule has 0 bridgehead atoms. The molecule has 0 fully saturated rings. The Morgan fingerprint density at radius 3 is 2.53 bits per heavy atom. The zero-order chi connectivity index (χ0) is 22.5. The van der Waals surface area contributed by atoms with Crippen LogP contribution >= 0.6 is 0 Å². The fourth-order valence-corrected chi connectivity index (χ4v) is 3.03. The van der Waals surface area contributed by atoms with Gasteiger partial charge in [0.1, 0.15) is 17.1 Å². The van der Waals surface area contributed by atoms with Crippen LogP contribution in [-0.4, -0.2) is 52.5 Å². The Morgan fingerprint density at radius 1 is 0.969 bits per heavy atom. The molecule has 2 aromatic carbocycles. The first-order valence-electron chi connectivity index (χ1n) is 9.60. The second-order valence-corrected chi connectivity index (χ2v) is 6.54. The molecule has 0 radical (unpaired) electrons. The molecule has 0 atom stereocenters. The second-order valence-electron chi connectivity index (χ2n) is 6.54. The molecule has 2 heterocycles. The first-order valence-corrected chi connectivity index (χ1v) is 9.60. The number of hydrogen-bond donors (Lipinski definition) is 1. The van der Waals surface area contributed by atoms with Crippen LogP contribution in [0.3, 0.4) is 0 Å². The van der Waals surface area contributed by atoms with Gasteiger partial charge in [0, 0.05) is 19.3 Å². The third-order valence-electron chi connectivity index (χ3n) is 4.50. The number of nitrogens with two attached hydrogens (primary N) is 1. The predicted octanol–water partition coefficient (Wildman–Crippen LogP) is 3.10. The van der Waals surface area contributed by atoms with Crippen molar-refractivity contribution >= 4 is 17.6 Å².